The van der Waals surface area contributed by atoms with Crippen molar-refractivity contribution < 1.29 is 4.39 Å². The van der Waals surface area contributed by atoms with Gasteiger partial charge in [-0.3, -0.25) is 0 Å². The molecule has 1 aromatic carbocycles. The molecule has 0 saturated heterocycles. The number of aryl methyl sites for hydroxylation is 2. The summed E-state index contributed by atoms with van der Waals surface area (Å²) in [5.74, 6) is -0.174. The van der Waals surface area contributed by atoms with Gasteiger partial charge in [0.15, 0.2) is 5.16 Å². The molecule has 4 nitrogen and oxygen atoms in total. The van der Waals surface area contributed by atoms with Crippen LogP contribution in [0.4, 0.5) is 4.39 Å². The molecule has 1 unspecified atom stereocenters. The molecule has 0 aliphatic carbocycles. The van der Waals surface area contributed by atoms with Crippen molar-refractivity contribution in [3.05, 3.63) is 35.4 Å². The molecule has 1 aromatic heterocycles. The lowest BCUT2D eigenvalue weighted by Gasteiger charge is -2.17. The van der Waals surface area contributed by atoms with Gasteiger partial charge >= 0.3 is 0 Å². The van der Waals surface area contributed by atoms with Crippen LogP contribution in [-0.2, 0) is 7.05 Å². The van der Waals surface area contributed by atoms with Gasteiger partial charge in [-0.15, -0.1) is 10.2 Å². The Morgan fingerprint density at radius 1 is 1.45 bits per heavy atom. The first kappa shape index (κ1) is 15.0. The Balaban J connectivity index is 2.39. The van der Waals surface area contributed by atoms with E-state index in [1.807, 2.05) is 31.5 Å². The van der Waals surface area contributed by atoms with Crippen LogP contribution < -0.4 is 5.32 Å². The molecule has 0 saturated carbocycles. The first-order chi connectivity index (χ1) is 9.52. The third kappa shape index (κ3) is 3.19. The zero-order valence-electron chi connectivity index (χ0n) is 12.1. The van der Waals surface area contributed by atoms with Crippen LogP contribution in [0.25, 0.3) is 0 Å². The predicted molar refractivity (Wildman–Crippen MR) is 78.4 cm³/mol. The Labute approximate surface area is 122 Å². The van der Waals surface area contributed by atoms with Crippen molar-refractivity contribution in [2.45, 2.75) is 36.9 Å². The third-order valence-electron chi connectivity index (χ3n) is 3.14. The first-order valence-electron chi connectivity index (χ1n) is 6.58. The summed E-state index contributed by atoms with van der Waals surface area (Å²) < 4.78 is 15.7. The molecule has 6 heteroatoms. The Morgan fingerprint density at radius 3 is 2.80 bits per heavy atom. The van der Waals surface area contributed by atoms with Gasteiger partial charge in [0.25, 0.3) is 0 Å². The molecule has 1 N–H and O–H groups in total. The number of benzene rings is 1. The van der Waals surface area contributed by atoms with Gasteiger partial charge in [-0.2, -0.15) is 0 Å². The molecule has 2 rings (SSSR count). The van der Waals surface area contributed by atoms with E-state index in [0.717, 1.165) is 22.2 Å². The van der Waals surface area contributed by atoms with Gasteiger partial charge in [0.2, 0.25) is 0 Å². The zero-order valence-corrected chi connectivity index (χ0v) is 13.0. The second-order valence-electron chi connectivity index (χ2n) is 4.75. The van der Waals surface area contributed by atoms with Crippen LogP contribution in [0.5, 0.6) is 0 Å². The Kier molecular flexibility index (Phi) is 4.77. The molecule has 0 aliphatic rings. The van der Waals surface area contributed by atoms with Crippen LogP contribution in [0, 0.1) is 12.7 Å². The van der Waals surface area contributed by atoms with Crippen molar-refractivity contribution in [1.29, 1.82) is 0 Å². The van der Waals surface area contributed by atoms with Gasteiger partial charge < -0.3 is 9.88 Å². The topological polar surface area (TPSA) is 42.7 Å². The number of nitrogens with one attached hydrogen (secondary N) is 1. The van der Waals surface area contributed by atoms with Gasteiger partial charge in [0, 0.05) is 18.0 Å². The number of aromatic nitrogens is 3. The van der Waals surface area contributed by atoms with Crippen LogP contribution in [0.15, 0.2) is 28.5 Å². The van der Waals surface area contributed by atoms with Crippen LogP contribution >= 0.6 is 11.8 Å². The van der Waals surface area contributed by atoms with E-state index >= 15 is 0 Å². The van der Waals surface area contributed by atoms with Crippen molar-refractivity contribution in [2.24, 2.45) is 7.05 Å². The number of rotatable bonds is 5. The van der Waals surface area contributed by atoms with E-state index in [2.05, 4.69) is 15.5 Å². The molecule has 0 amide bonds. The summed E-state index contributed by atoms with van der Waals surface area (Å²) in [5, 5.41) is 12.1. The quantitative estimate of drug-likeness (QED) is 0.920. The average Bonchev–Trinajstić information content (AvgIpc) is 2.79. The van der Waals surface area contributed by atoms with E-state index in [-0.39, 0.29) is 11.9 Å². The molecule has 1 heterocycles. The predicted octanol–water partition coefficient (Wildman–Crippen LogP) is 3.08. The van der Waals surface area contributed by atoms with E-state index in [0.29, 0.717) is 5.56 Å². The van der Waals surface area contributed by atoms with Crippen LogP contribution in [0.2, 0.25) is 0 Å². The number of halogens is 1. The van der Waals surface area contributed by atoms with Gasteiger partial charge in [-0.1, -0.05) is 6.92 Å². The minimum absolute atomic E-state index is 0.0887. The molecule has 0 aliphatic heterocycles. The van der Waals surface area contributed by atoms with Crippen LogP contribution in [-0.4, -0.2) is 21.3 Å². The van der Waals surface area contributed by atoms with Crippen LogP contribution in [0.1, 0.15) is 31.0 Å². The summed E-state index contributed by atoms with van der Waals surface area (Å²) in [7, 11) is 1.89. The van der Waals surface area contributed by atoms with E-state index in [1.165, 1.54) is 11.8 Å². The highest BCUT2D eigenvalue weighted by molar-refractivity contribution is 7.99. The Morgan fingerprint density at radius 2 is 2.20 bits per heavy atom. The SMILES string of the molecule is CCNC(C)c1cc(F)c(C)cc1Sc1nncn1C. The summed E-state index contributed by atoms with van der Waals surface area (Å²) in [4.78, 5) is 1.01. The van der Waals surface area contributed by atoms with Crippen molar-refractivity contribution in [3.63, 3.8) is 0 Å². The highest BCUT2D eigenvalue weighted by atomic mass is 32.2. The van der Waals surface area contributed by atoms with Crippen LogP contribution in [0.3, 0.4) is 0 Å². The molecule has 1 atom stereocenters. The van der Waals surface area contributed by atoms with Crippen molar-refractivity contribution in [2.75, 3.05) is 6.54 Å². The standard InChI is InChI=1S/C14H19FN4S/c1-5-16-10(3)11-7-12(15)9(2)6-13(11)20-14-18-17-8-19(14)4/h6-8,10,16H,5H2,1-4H3. The zero-order chi connectivity index (χ0) is 14.7. The monoisotopic (exact) mass is 294 g/mol. The van der Waals surface area contributed by atoms with Gasteiger partial charge in [0.05, 0.1) is 0 Å². The van der Waals surface area contributed by atoms with E-state index in [1.54, 1.807) is 19.3 Å². The number of hydrogen-bond donors (Lipinski definition) is 1. The molecule has 20 heavy (non-hydrogen) atoms. The van der Waals surface area contributed by atoms with E-state index < -0.39 is 0 Å². The Bertz CT molecular complexity index is 597. The maximum atomic E-state index is 13.8. The largest absolute Gasteiger partial charge is 0.311 e. The first-order valence-corrected chi connectivity index (χ1v) is 7.39. The molecule has 2 aromatic rings. The summed E-state index contributed by atoms with van der Waals surface area (Å²) >= 11 is 1.51. The lowest BCUT2D eigenvalue weighted by atomic mass is 10.1. The van der Waals surface area contributed by atoms with Gasteiger partial charge in [0.1, 0.15) is 12.1 Å². The molecule has 108 valence electrons. The smallest absolute Gasteiger partial charge is 0.195 e. The minimum atomic E-state index is -0.174. The summed E-state index contributed by atoms with van der Waals surface area (Å²) in [6.45, 7) is 6.69. The number of nitrogens with zero attached hydrogens (tertiary/aromatic N) is 3. The highest BCUT2D eigenvalue weighted by Crippen LogP contribution is 2.33. The van der Waals surface area contributed by atoms with E-state index in [9.17, 15) is 4.39 Å². The average molecular weight is 294 g/mol. The number of hydrogen-bond acceptors (Lipinski definition) is 4. The summed E-state index contributed by atoms with van der Waals surface area (Å²) in [5.41, 5.74) is 1.59. The van der Waals surface area contributed by atoms with Crippen molar-refractivity contribution in [3.8, 4) is 0 Å². The Hall–Kier alpha value is -1.40. The van der Waals surface area contributed by atoms with E-state index in [4.69, 9.17) is 0 Å². The molecule has 0 fully saturated rings. The molecule has 0 bridgehead atoms. The fourth-order valence-electron chi connectivity index (χ4n) is 1.98. The summed E-state index contributed by atoms with van der Waals surface area (Å²) in [6.07, 6.45) is 1.66. The molecular weight excluding hydrogens is 275 g/mol. The van der Waals surface area contributed by atoms with Crippen molar-refractivity contribution >= 4 is 11.8 Å². The fourth-order valence-corrected chi connectivity index (χ4v) is 3.04. The second kappa shape index (κ2) is 6.37. The maximum Gasteiger partial charge on any atom is 0.195 e. The third-order valence-corrected chi connectivity index (χ3v) is 4.26. The second-order valence-corrected chi connectivity index (χ2v) is 5.75. The lowest BCUT2D eigenvalue weighted by molar-refractivity contribution is 0.571. The van der Waals surface area contributed by atoms with Gasteiger partial charge in [-0.05, 0) is 55.4 Å². The minimum Gasteiger partial charge on any atom is -0.311 e. The molecule has 0 spiro atoms. The summed E-state index contributed by atoms with van der Waals surface area (Å²) in [6, 6.07) is 3.57. The molecule has 0 radical (unpaired) electrons. The van der Waals surface area contributed by atoms with Gasteiger partial charge in [-0.25, -0.2) is 4.39 Å². The lowest BCUT2D eigenvalue weighted by Crippen LogP contribution is -2.18. The van der Waals surface area contributed by atoms with Crippen molar-refractivity contribution in [1.82, 2.24) is 20.1 Å². The normalized spacial score (nSPS) is 12.7. The fraction of sp³-hybridized carbons (Fsp3) is 0.429. The highest BCUT2D eigenvalue weighted by Gasteiger charge is 2.15. The molecular formula is C14H19FN4S. The maximum absolute atomic E-state index is 13.8.